The predicted octanol–water partition coefficient (Wildman–Crippen LogP) is 2.83. The molecule has 5 heterocycles. The number of carbonyl (C=O) groups excluding carboxylic acids is 1. The van der Waals surface area contributed by atoms with Crippen molar-refractivity contribution in [2.45, 2.75) is 39.2 Å². The first-order chi connectivity index (χ1) is 22.8. The summed E-state index contributed by atoms with van der Waals surface area (Å²) in [5.41, 5.74) is 1.81. The van der Waals surface area contributed by atoms with Crippen molar-refractivity contribution in [1.82, 2.24) is 24.4 Å². The fourth-order valence-electron chi connectivity index (χ4n) is 6.51. The topological polar surface area (TPSA) is 132 Å². The number of rotatable bonds is 4. The molecule has 14 heteroatoms. The van der Waals surface area contributed by atoms with Gasteiger partial charge >= 0.3 is 0 Å². The molecule has 0 N–H and O–H groups in total. The van der Waals surface area contributed by atoms with E-state index in [0.717, 1.165) is 80.8 Å². The number of methoxy groups -OCH3 is 1. The lowest BCUT2D eigenvalue weighted by molar-refractivity contribution is -0.135. The van der Waals surface area contributed by atoms with Crippen LogP contribution in [0.3, 0.4) is 0 Å². The Morgan fingerprint density at radius 3 is 2.53 bits per heavy atom. The van der Waals surface area contributed by atoms with Gasteiger partial charge in [0, 0.05) is 69.0 Å². The van der Waals surface area contributed by atoms with Gasteiger partial charge in [-0.05, 0) is 50.8 Å². The summed E-state index contributed by atoms with van der Waals surface area (Å²) in [5, 5.41) is 0. The number of aromatic nitrogens is 4. The maximum Gasteiger partial charge on any atom is 0.227 e. The first-order valence-corrected chi connectivity index (χ1v) is 18.4. The molecular formula is C33H45N7O6S. The van der Waals surface area contributed by atoms with E-state index in [1.54, 1.807) is 12.0 Å². The van der Waals surface area contributed by atoms with Crippen LogP contribution in [0, 0.1) is 12.8 Å². The van der Waals surface area contributed by atoms with E-state index in [-0.39, 0.29) is 24.0 Å². The standard InChI is InChI=1S/C33H45N7O6S/c1-25-22-30(36-33(35-25)40-15-18-45-19-16-40)37-10-3-4-11-39(32(41)27-8-21-47(42,43)24-27)17-20-46-29-23-26(6-7-28(29)44-2)31-34-9-14-38(31)13-5-12-37/h6-7,9,14,22-23,27H,3-5,8,10-13,15-21,24H2,1-2H3. The van der Waals surface area contributed by atoms with Crippen LogP contribution in [0.1, 0.15) is 31.4 Å². The van der Waals surface area contributed by atoms with E-state index in [2.05, 4.69) is 19.4 Å². The van der Waals surface area contributed by atoms with Gasteiger partial charge in [-0.3, -0.25) is 4.79 Å². The highest BCUT2D eigenvalue weighted by atomic mass is 32.2. The largest absolute Gasteiger partial charge is 0.493 e. The Hall–Kier alpha value is -3.91. The quantitative estimate of drug-likeness (QED) is 0.407. The summed E-state index contributed by atoms with van der Waals surface area (Å²) < 4.78 is 43.9. The molecule has 1 unspecified atom stereocenters. The molecule has 3 aliphatic rings. The summed E-state index contributed by atoms with van der Waals surface area (Å²) in [6, 6.07) is 7.81. The van der Waals surface area contributed by atoms with Crippen LogP contribution >= 0.6 is 0 Å². The number of sulfone groups is 1. The molecular weight excluding hydrogens is 622 g/mol. The summed E-state index contributed by atoms with van der Waals surface area (Å²) in [6.45, 7) is 8.24. The van der Waals surface area contributed by atoms with E-state index in [4.69, 9.17) is 24.2 Å². The van der Waals surface area contributed by atoms with Crippen LogP contribution in [0.15, 0.2) is 36.7 Å². The molecule has 0 radical (unpaired) electrons. The van der Waals surface area contributed by atoms with Gasteiger partial charge in [0.25, 0.3) is 0 Å². The van der Waals surface area contributed by atoms with Crippen molar-refractivity contribution >= 4 is 27.5 Å². The SMILES string of the molecule is COc1ccc2cc1OCCN(C(=O)C1CCS(=O)(=O)C1)CCCCN(c1cc(C)nc(N3CCOCC3)n1)CCCn1ccnc1-2. The van der Waals surface area contributed by atoms with Gasteiger partial charge in [0.05, 0.1) is 44.3 Å². The molecule has 3 aliphatic heterocycles. The minimum Gasteiger partial charge on any atom is -0.493 e. The molecule has 2 saturated heterocycles. The zero-order valence-electron chi connectivity index (χ0n) is 27.3. The number of nitrogens with zero attached hydrogens (tertiary/aromatic N) is 7. The van der Waals surface area contributed by atoms with E-state index in [0.29, 0.717) is 44.2 Å². The molecule has 6 rings (SSSR count). The van der Waals surface area contributed by atoms with Crippen LogP contribution in [-0.4, -0.2) is 116 Å². The van der Waals surface area contributed by atoms with Crippen molar-refractivity contribution in [2.75, 3.05) is 87.5 Å². The van der Waals surface area contributed by atoms with E-state index < -0.39 is 15.8 Å². The van der Waals surface area contributed by atoms with E-state index in [1.807, 2.05) is 43.6 Å². The van der Waals surface area contributed by atoms with Crippen molar-refractivity contribution in [3.05, 3.63) is 42.4 Å². The second kappa shape index (κ2) is 14.9. The number of imidazole rings is 1. The third-order valence-corrected chi connectivity index (χ3v) is 10.8. The fourth-order valence-corrected chi connectivity index (χ4v) is 8.24. The molecule has 2 aromatic heterocycles. The van der Waals surface area contributed by atoms with Crippen LogP contribution in [0.25, 0.3) is 11.4 Å². The van der Waals surface area contributed by atoms with Gasteiger partial charge in [-0.25, -0.2) is 18.4 Å². The monoisotopic (exact) mass is 667 g/mol. The number of benzene rings is 1. The van der Waals surface area contributed by atoms with Crippen LogP contribution < -0.4 is 19.3 Å². The Morgan fingerprint density at radius 2 is 1.74 bits per heavy atom. The molecule has 0 spiro atoms. The van der Waals surface area contributed by atoms with Gasteiger partial charge < -0.3 is 33.5 Å². The molecule has 3 aromatic rings. The highest BCUT2D eigenvalue weighted by Gasteiger charge is 2.35. The zero-order valence-corrected chi connectivity index (χ0v) is 28.2. The highest BCUT2D eigenvalue weighted by Crippen LogP contribution is 2.32. The van der Waals surface area contributed by atoms with Gasteiger partial charge in [0.15, 0.2) is 21.3 Å². The van der Waals surface area contributed by atoms with Gasteiger partial charge in [-0.2, -0.15) is 4.98 Å². The maximum atomic E-state index is 13.6. The second-order valence-corrected chi connectivity index (χ2v) is 14.6. The van der Waals surface area contributed by atoms with Crippen molar-refractivity contribution in [1.29, 1.82) is 0 Å². The molecule has 47 heavy (non-hydrogen) atoms. The zero-order chi connectivity index (χ0) is 32.8. The van der Waals surface area contributed by atoms with E-state index in [1.165, 1.54) is 0 Å². The molecule has 0 aliphatic carbocycles. The molecule has 1 atom stereocenters. The molecule has 2 fully saturated rings. The van der Waals surface area contributed by atoms with Crippen LogP contribution in [0.4, 0.5) is 11.8 Å². The van der Waals surface area contributed by atoms with Crippen molar-refractivity contribution in [3.63, 3.8) is 0 Å². The first-order valence-electron chi connectivity index (χ1n) is 16.5. The molecule has 13 nitrogen and oxygen atoms in total. The Bertz CT molecular complexity index is 1640. The Labute approximate surface area is 276 Å². The summed E-state index contributed by atoms with van der Waals surface area (Å²) in [7, 11) is -1.59. The summed E-state index contributed by atoms with van der Waals surface area (Å²) in [5.74, 6) is 2.96. The average Bonchev–Trinajstić information content (AvgIpc) is 3.70. The fraction of sp³-hybridized carbons (Fsp3) is 0.576. The third-order valence-electron chi connectivity index (χ3n) is 9.03. The number of fused-ring (bicyclic) bond motifs is 4. The maximum absolute atomic E-state index is 13.6. The Balaban J connectivity index is 1.27. The van der Waals surface area contributed by atoms with Crippen LogP contribution in [-0.2, 0) is 25.9 Å². The normalized spacial score (nSPS) is 21.1. The number of carbonyl (C=O) groups is 1. The minimum atomic E-state index is -3.19. The number of ether oxygens (including phenoxy) is 3. The number of morpholine rings is 1. The Kier molecular flexibility index (Phi) is 10.5. The molecule has 1 amide bonds. The summed E-state index contributed by atoms with van der Waals surface area (Å²) in [6.07, 6.45) is 6.62. The smallest absolute Gasteiger partial charge is 0.227 e. The van der Waals surface area contributed by atoms with Crippen molar-refractivity contribution in [3.8, 4) is 22.9 Å². The average molecular weight is 668 g/mol. The third kappa shape index (κ3) is 8.15. The molecule has 0 saturated carbocycles. The van der Waals surface area contributed by atoms with Crippen molar-refractivity contribution in [2.24, 2.45) is 5.92 Å². The van der Waals surface area contributed by atoms with Gasteiger partial charge in [0.2, 0.25) is 11.9 Å². The number of hydrogen-bond donors (Lipinski definition) is 0. The van der Waals surface area contributed by atoms with Crippen LogP contribution in [0.5, 0.6) is 11.5 Å². The second-order valence-electron chi connectivity index (χ2n) is 12.4. The lowest BCUT2D eigenvalue weighted by Gasteiger charge is -2.30. The van der Waals surface area contributed by atoms with Gasteiger partial charge in [-0.15, -0.1) is 0 Å². The molecule has 254 valence electrons. The number of aryl methyl sites for hydroxylation is 2. The number of amides is 1. The van der Waals surface area contributed by atoms with Crippen molar-refractivity contribution < 1.29 is 27.4 Å². The lowest BCUT2D eigenvalue weighted by Crippen LogP contribution is -2.40. The number of hydrogen-bond acceptors (Lipinski definition) is 11. The van der Waals surface area contributed by atoms with E-state index >= 15 is 0 Å². The highest BCUT2D eigenvalue weighted by molar-refractivity contribution is 7.91. The van der Waals surface area contributed by atoms with Gasteiger partial charge in [0.1, 0.15) is 18.2 Å². The van der Waals surface area contributed by atoms with Crippen LogP contribution in [0.2, 0.25) is 0 Å². The predicted molar refractivity (Wildman–Crippen MR) is 179 cm³/mol. The summed E-state index contributed by atoms with van der Waals surface area (Å²) in [4.78, 5) is 34.3. The molecule has 2 bridgehead atoms. The lowest BCUT2D eigenvalue weighted by atomic mass is 10.1. The Morgan fingerprint density at radius 1 is 0.936 bits per heavy atom. The van der Waals surface area contributed by atoms with Gasteiger partial charge in [-0.1, -0.05) is 0 Å². The number of anilines is 2. The van der Waals surface area contributed by atoms with E-state index in [9.17, 15) is 13.2 Å². The molecule has 1 aromatic carbocycles. The minimum absolute atomic E-state index is 0.0627. The first kappa shape index (κ1) is 33.0. The summed E-state index contributed by atoms with van der Waals surface area (Å²) >= 11 is 0.